The predicted octanol–water partition coefficient (Wildman–Crippen LogP) is 6.39. The second kappa shape index (κ2) is 22.2. The highest BCUT2D eigenvalue weighted by molar-refractivity contribution is 6.31. The van der Waals surface area contributed by atoms with Crippen LogP contribution in [-0.4, -0.2) is 137 Å². The molecule has 0 bridgehead atoms. The average molecular weight is 968 g/mol. The van der Waals surface area contributed by atoms with Crippen molar-refractivity contribution < 1.29 is 27.9 Å². The van der Waals surface area contributed by atoms with Gasteiger partial charge < -0.3 is 45.7 Å². The van der Waals surface area contributed by atoms with Crippen LogP contribution in [0.5, 0.6) is 0 Å². The molecule has 2 unspecified atom stereocenters. The lowest BCUT2D eigenvalue weighted by atomic mass is 9.85. The minimum atomic E-state index is -0.975. The van der Waals surface area contributed by atoms with Gasteiger partial charge in [-0.15, -0.1) is 0 Å². The maximum atomic E-state index is 14.1. The van der Waals surface area contributed by atoms with Gasteiger partial charge in [0.25, 0.3) is 5.91 Å². The largest absolute Gasteiger partial charge is 0.375 e. The fourth-order valence-electron chi connectivity index (χ4n) is 10.8. The number of halogens is 3. The molecule has 4 saturated heterocycles. The zero-order chi connectivity index (χ0) is 47.9. The van der Waals surface area contributed by atoms with Crippen LogP contribution in [0.3, 0.4) is 0 Å². The van der Waals surface area contributed by atoms with Crippen molar-refractivity contribution in [3.8, 4) is 0 Å². The van der Waals surface area contributed by atoms with Crippen molar-refractivity contribution in [2.24, 2.45) is 11.7 Å². The molecule has 6 heterocycles. The van der Waals surface area contributed by atoms with Crippen molar-refractivity contribution in [1.82, 2.24) is 40.3 Å². The minimum absolute atomic E-state index is 0.0194. The van der Waals surface area contributed by atoms with E-state index in [4.69, 9.17) is 22.1 Å². The molecule has 14 nitrogen and oxygen atoms in total. The molecule has 17 heteroatoms. The maximum absolute atomic E-state index is 14.1. The molecule has 1 aliphatic carbocycles. The van der Waals surface area contributed by atoms with Gasteiger partial charge in [-0.05, 0) is 100 Å². The van der Waals surface area contributed by atoms with Crippen LogP contribution < -0.4 is 21.3 Å². The van der Waals surface area contributed by atoms with Crippen LogP contribution >= 0.6 is 11.6 Å². The Labute approximate surface area is 408 Å². The number of ether oxygens (including phenoxy) is 1. The van der Waals surface area contributed by atoms with E-state index in [9.17, 15) is 23.2 Å². The summed E-state index contributed by atoms with van der Waals surface area (Å²) in [5.41, 5.74) is 8.72. The van der Waals surface area contributed by atoms with Crippen LogP contribution in [0.4, 0.5) is 14.6 Å². The van der Waals surface area contributed by atoms with E-state index < -0.39 is 17.2 Å². The average Bonchev–Trinajstić information content (AvgIpc) is 3.87. The molecule has 4 aliphatic heterocycles. The number of carbonyl (C=O) groups is 3. The lowest BCUT2D eigenvalue weighted by molar-refractivity contribution is -0.131. The van der Waals surface area contributed by atoms with E-state index in [1.54, 1.807) is 6.33 Å². The van der Waals surface area contributed by atoms with Crippen molar-refractivity contribution in [2.75, 3.05) is 70.3 Å². The Kier molecular flexibility index (Phi) is 15.7. The Hall–Kier alpha value is -5.26. The van der Waals surface area contributed by atoms with E-state index in [1.165, 1.54) is 12.1 Å². The van der Waals surface area contributed by atoms with Gasteiger partial charge in [0.2, 0.25) is 11.8 Å². The van der Waals surface area contributed by atoms with Gasteiger partial charge in [-0.2, -0.15) is 0 Å². The number of likely N-dealkylation sites (tertiary alicyclic amines) is 3. The number of aromatic nitrogens is 3. The van der Waals surface area contributed by atoms with E-state index in [1.807, 2.05) is 58.5 Å². The summed E-state index contributed by atoms with van der Waals surface area (Å²) in [6, 6.07) is 13.2. The first-order valence-corrected chi connectivity index (χ1v) is 25.2. The number of amides is 3. The van der Waals surface area contributed by atoms with Crippen molar-refractivity contribution in [1.29, 1.82) is 0 Å². The first-order valence-electron chi connectivity index (χ1n) is 24.8. The molecule has 3 atom stereocenters. The first-order chi connectivity index (χ1) is 33.5. The maximum Gasteiger partial charge on any atom is 0.253 e. The molecule has 5 aliphatic rings. The van der Waals surface area contributed by atoms with Gasteiger partial charge in [0.1, 0.15) is 29.4 Å². The van der Waals surface area contributed by atoms with E-state index in [2.05, 4.69) is 41.5 Å². The molecule has 2 aromatic carbocycles. The molecule has 4 fully saturated rings. The Morgan fingerprint density at radius 3 is 2.46 bits per heavy atom. The lowest BCUT2D eigenvalue weighted by Crippen LogP contribution is -2.62. The summed E-state index contributed by atoms with van der Waals surface area (Å²) in [6.07, 6.45) is 17.6. The van der Waals surface area contributed by atoms with E-state index >= 15 is 0 Å². The van der Waals surface area contributed by atoms with Gasteiger partial charge in [0.05, 0.1) is 29.7 Å². The number of hydrogen-bond acceptors (Lipinski definition) is 10. The SMILES string of the molecule is NC1(C(=O)N[C@@H](CCN2CCC(OC3CCN(C(=O)c4cccc(C5CCCN(C(=O)CNCc6ccc(F)cc6F)C5)c4)CC3)CC2)C2C=CC(Cl)=CC2)CCN(c2ncnc3[nH]ccc23)CC1. The normalized spacial score (nSPS) is 22.1. The molecule has 0 radical (unpaired) electrons. The topological polar surface area (TPSA) is 165 Å². The molecule has 2 aromatic heterocycles. The fraction of sp³-hybridized carbons (Fsp3) is 0.519. The number of aromatic amines is 1. The number of hydrogen-bond donors (Lipinski definition) is 4. The summed E-state index contributed by atoms with van der Waals surface area (Å²) in [5, 5.41) is 8.09. The van der Waals surface area contributed by atoms with Crippen LogP contribution in [0.15, 0.2) is 84.3 Å². The zero-order valence-corrected chi connectivity index (χ0v) is 40.0. The summed E-state index contributed by atoms with van der Waals surface area (Å²) in [6.45, 7) is 6.59. The Morgan fingerprint density at radius 2 is 1.71 bits per heavy atom. The number of benzene rings is 2. The summed E-state index contributed by atoms with van der Waals surface area (Å²) < 4.78 is 34.0. The van der Waals surface area contributed by atoms with Gasteiger partial charge in [-0.25, -0.2) is 18.7 Å². The molecule has 3 amide bonds. The number of fused-ring (bicyclic) bond motifs is 1. The number of H-pyrrole nitrogens is 1. The number of piperidine rings is 4. The summed E-state index contributed by atoms with van der Waals surface area (Å²) in [5.74, 6) is -0.331. The van der Waals surface area contributed by atoms with Crippen molar-refractivity contribution >= 4 is 46.2 Å². The van der Waals surface area contributed by atoms with E-state index in [-0.39, 0.29) is 60.9 Å². The van der Waals surface area contributed by atoms with Gasteiger partial charge in [-0.3, -0.25) is 14.4 Å². The number of nitrogens with one attached hydrogen (secondary N) is 3. The summed E-state index contributed by atoms with van der Waals surface area (Å²) in [7, 11) is 0. The van der Waals surface area contributed by atoms with Gasteiger partial charge in [0, 0.05) is 112 Å². The van der Waals surface area contributed by atoms with Crippen LogP contribution in [0.25, 0.3) is 11.0 Å². The quantitative estimate of drug-likeness (QED) is 0.105. The Bertz CT molecular complexity index is 2500. The molecule has 5 N–H and O–H groups in total. The Balaban J connectivity index is 0.700. The highest BCUT2D eigenvalue weighted by atomic mass is 35.5. The fourth-order valence-corrected chi connectivity index (χ4v) is 11.0. The van der Waals surface area contributed by atoms with Crippen molar-refractivity contribution in [3.63, 3.8) is 0 Å². The lowest BCUT2D eigenvalue weighted by Gasteiger charge is -2.40. The second-order valence-corrected chi connectivity index (χ2v) is 20.0. The summed E-state index contributed by atoms with van der Waals surface area (Å²) >= 11 is 6.32. The van der Waals surface area contributed by atoms with Crippen LogP contribution in [-0.2, 0) is 20.9 Å². The molecule has 9 rings (SSSR count). The van der Waals surface area contributed by atoms with E-state index in [0.29, 0.717) is 63.2 Å². The third-order valence-corrected chi connectivity index (χ3v) is 15.3. The minimum Gasteiger partial charge on any atom is -0.375 e. The van der Waals surface area contributed by atoms with E-state index in [0.717, 1.165) is 105 Å². The zero-order valence-electron chi connectivity index (χ0n) is 39.3. The number of nitrogens with two attached hydrogens (primary N) is 1. The number of carbonyl (C=O) groups excluding carboxylic acids is 3. The third kappa shape index (κ3) is 12.0. The number of rotatable bonds is 15. The molecule has 4 aromatic rings. The first kappa shape index (κ1) is 48.8. The monoisotopic (exact) mass is 966 g/mol. The van der Waals surface area contributed by atoms with Crippen LogP contribution in [0, 0.1) is 17.6 Å². The van der Waals surface area contributed by atoms with Crippen LogP contribution in [0.1, 0.15) is 91.6 Å². The standard InChI is InChI=1S/C52H65ClF2N10O4/c53-40-9-6-35(7-10-40)46(61-51(68)52(56)18-27-63(28-19-52)49-44-12-20-58-48(44)59-34-60-49)17-24-62-22-13-42(14-23-62)69-43-15-25-64(26-16-43)50(67)37-4-1-3-36(29-37)39-5-2-21-65(33-39)47(66)32-57-31-38-8-11-41(54)30-45(38)55/h1,3-4,6,8-12,20,29-30,34-35,39,42-43,46,57H,2,5,7,13-19,21-28,31-33,56H2,(H,61,68)(H,58,59,60)/t35?,39?,46-/m0/s1. The second-order valence-electron chi connectivity index (χ2n) is 19.6. The smallest absolute Gasteiger partial charge is 0.253 e. The number of anilines is 1. The van der Waals surface area contributed by atoms with Gasteiger partial charge in [-0.1, -0.05) is 42.0 Å². The predicted molar refractivity (Wildman–Crippen MR) is 263 cm³/mol. The molecule has 368 valence electrons. The number of nitrogens with zero attached hydrogens (tertiary/aromatic N) is 6. The van der Waals surface area contributed by atoms with Gasteiger partial charge in [0.15, 0.2) is 0 Å². The highest BCUT2D eigenvalue weighted by Crippen LogP contribution is 2.32. The molecule has 0 spiro atoms. The van der Waals surface area contributed by atoms with Crippen molar-refractivity contribution in [2.45, 2.75) is 100 Å². The molecular formula is C52H65ClF2N10O4. The molecule has 0 saturated carbocycles. The third-order valence-electron chi connectivity index (χ3n) is 15.1. The van der Waals surface area contributed by atoms with Crippen molar-refractivity contribution in [3.05, 3.63) is 113 Å². The molecular weight excluding hydrogens is 902 g/mol. The summed E-state index contributed by atoms with van der Waals surface area (Å²) in [4.78, 5) is 61.4. The number of allylic oxidation sites excluding steroid dienone is 3. The van der Waals surface area contributed by atoms with Crippen LogP contribution in [0.2, 0.25) is 0 Å². The molecule has 69 heavy (non-hydrogen) atoms. The highest BCUT2D eigenvalue weighted by Gasteiger charge is 2.40. The Morgan fingerprint density at radius 1 is 0.928 bits per heavy atom. The van der Waals surface area contributed by atoms with Gasteiger partial charge >= 0.3 is 0 Å².